The zero-order valence-corrected chi connectivity index (χ0v) is 14.0. The standard InChI is InChI=1S/C19H21N5O/c25-19(12-15-6-7-17-18(11-15)22-23-21-17)24-9-8-20-16(13-24)10-14-4-2-1-3-5-14/h1-7,11,16,20H,8-10,12-13H2,(H,21,22,23). The average Bonchev–Trinajstić information content (AvgIpc) is 3.10. The van der Waals surface area contributed by atoms with Crippen LogP contribution in [-0.4, -0.2) is 51.9 Å². The summed E-state index contributed by atoms with van der Waals surface area (Å²) in [6.45, 7) is 2.35. The molecule has 4 rings (SSSR count). The van der Waals surface area contributed by atoms with Crippen LogP contribution in [0.25, 0.3) is 11.0 Å². The lowest BCUT2D eigenvalue weighted by Gasteiger charge is -2.34. The van der Waals surface area contributed by atoms with E-state index in [-0.39, 0.29) is 5.91 Å². The maximum Gasteiger partial charge on any atom is 0.227 e. The molecule has 25 heavy (non-hydrogen) atoms. The van der Waals surface area contributed by atoms with Gasteiger partial charge in [0.1, 0.15) is 11.0 Å². The van der Waals surface area contributed by atoms with E-state index in [0.29, 0.717) is 12.5 Å². The Labute approximate surface area is 146 Å². The number of nitrogens with one attached hydrogen (secondary N) is 2. The predicted molar refractivity (Wildman–Crippen MR) is 96.1 cm³/mol. The number of carbonyl (C=O) groups is 1. The molecule has 1 saturated heterocycles. The molecule has 1 unspecified atom stereocenters. The van der Waals surface area contributed by atoms with E-state index in [2.05, 4.69) is 45.0 Å². The molecular weight excluding hydrogens is 314 g/mol. The highest BCUT2D eigenvalue weighted by Crippen LogP contribution is 2.13. The molecule has 0 bridgehead atoms. The lowest BCUT2D eigenvalue weighted by molar-refractivity contribution is -0.131. The van der Waals surface area contributed by atoms with Crippen molar-refractivity contribution in [3.63, 3.8) is 0 Å². The topological polar surface area (TPSA) is 73.9 Å². The van der Waals surface area contributed by atoms with Crippen molar-refractivity contribution in [3.05, 3.63) is 59.7 Å². The molecule has 0 spiro atoms. The number of rotatable bonds is 4. The van der Waals surface area contributed by atoms with Gasteiger partial charge in [-0.15, -0.1) is 0 Å². The molecule has 1 aromatic heterocycles. The first kappa shape index (κ1) is 15.8. The summed E-state index contributed by atoms with van der Waals surface area (Å²) >= 11 is 0. The van der Waals surface area contributed by atoms with Gasteiger partial charge in [0, 0.05) is 25.7 Å². The van der Waals surface area contributed by atoms with Gasteiger partial charge < -0.3 is 10.2 Å². The quantitative estimate of drug-likeness (QED) is 0.758. The second-order valence-electron chi connectivity index (χ2n) is 6.50. The average molecular weight is 335 g/mol. The van der Waals surface area contributed by atoms with Gasteiger partial charge in [0.25, 0.3) is 0 Å². The third-order valence-corrected chi connectivity index (χ3v) is 4.67. The molecule has 2 aromatic carbocycles. The molecule has 1 fully saturated rings. The number of amides is 1. The van der Waals surface area contributed by atoms with Crippen molar-refractivity contribution >= 4 is 16.9 Å². The number of fused-ring (bicyclic) bond motifs is 1. The molecule has 6 nitrogen and oxygen atoms in total. The Balaban J connectivity index is 1.39. The van der Waals surface area contributed by atoms with Crippen molar-refractivity contribution in [3.8, 4) is 0 Å². The highest BCUT2D eigenvalue weighted by molar-refractivity contribution is 5.81. The number of aromatic amines is 1. The molecule has 1 atom stereocenters. The number of nitrogens with zero attached hydrogens (tertiary/aromatic N) is 3. The third kappa shape index (κ3) is 3.69. The molecule has 6 heteroatoms. The minimum atomic E-state index is 0.169. The Morgan fingerprint density at radius 2 is 1.92 bits per heavy atom. The molecule has 128 valence electrons. The summed E-state index contributed by atoms with van der Waals surface area (Å²) in [5.41, 5.74) is 3.89. The van der Waals surface area contributed by atoms with Crippen LogP contribution in [0.5, 0.6) is 0 Å². The maximum atomic E-state index is 12.7. The summed E-state index contributed by atoms with van der Waals surface area (Å²) in [5, 5.41) is 14.3. The van der Waals surface area contributed by atoms with E-state index in [9.17, 15) is 4.79 Å². The highest BCUT2D eigenvalue weighted by Gasteiger charge is 2.23. The number of piperazine rings is 1. The van der Waals surface area contributed by atoms with Crippen molar-refractivity contribution in [2.75, 3.05) is 19.6 Å². The van der Waals surface area contributed by atoms with Crippen LogP contribution in [0.4, 0.5) is 0 Å². The normalized spacial score (nSPS) is 17.8. The fourth-order valence-electron chi connectivity index (χ4n) is 3.37. The maximum absolute atomic E-state index is 12.7. The Hall–Kier alpha value is -2.73. The number of H-pyrrole nitrogens is 1. The molecule has 2 heterocycles. The van der Waals surface area contributed by atoms with Gasteiger partial charge in [-0.3, -0.25) is 4.79 Å². The first-order chi connectivity index (χ1) is 12.3. The van der Waals surface area contributed by atoms with Crippen LogP contribution in [0.3, 0.4) is 0 Å². The van der Waals surface area contributed by atoms with Crippen molar-refractivity contribution in [2.45, 2.75) is 18.9 Å². The van der Waals surface area contributed by atoms with Crippen LogP contribution >= 0.6 is 0 Å². The Kier molecular flexibility index (Phi) is 4.43. The fourth-order valence-corrected chi connectivity index (χ4v) is 3.37. The first-order valence-electron chi connectivity index (χ1n) is 8.62. The number of carbonyl (C=O) groups excluding carboxylic acids is 1. The van der Waals surface area contributed by atoms with Gasteiger partial charge in [0.2, 0.25) is 5.91 Å². The summed E-state index contributed by atoms with van der Waals surface area (Å²) in [5.74, 6) is 0.169. The summed E-state index contributed by atoms with van der Waals surface area (Å²) in [6.07, 6.45) is 1.34. The Bertz CT molecular complexity index is 860. The summed E-state index contributed by atoms with van der Waals surface area (Å²) in [4.78, 5) is 14.7. The van der Waals surface area contributed by atoms with Crippen LogP contribution in [-0.2, 0) is 17.6 Å². The van der Waals surface area contributed by atoms with E-state index in [0.717, 1.165) is 42.7 Å². The van der Waals surface area contributed by atoms with E-state index in [1.165, 1.54) is 5.56 Å². The van der Waals surface area contributed by atoms with Crippen molar-refractivity contribution < 1.29 is 4.79 Å². The van der Waals surface area contributed by atoms with E-state index >= 15 is 0 Å². The second kappa shape index (κ2) is 7.03. The molecule has 3 aromatic rings. The van der Waals surface area contributed by atoms with Crippen molar-refractivity contribution in [1.82, 2.24) is 25.6 Å². The molecule has 0 aliphatic carbocycles. The fraction of sp³-hybridized carbons (Fsp3) is 0.316. The lowest BCUT2D eigenvalue weighted by atomic mass is 10.0. The van der Waals surface area contributed by atoms with Crippen LogP contribution in [0.1, 0.15) is 11.1 Å². The van der Waals surface area contributed by atoms with Gasteiger partial charge in [-0.25, -0.2) is 0 Å². The Morgan fingerprint density at radius 1 is 1.08 bits per heavy atom. The number of hydrogen-bond donors (Lipinski definition) is 2. The first-order valence-corrected chi connectivity index (χ1v) is 8.62. The van der Waals surface area contributed by atoms with E-state index in [4.69, 9.17) is 0 Å². The number of benzene rings is 2. The molecule has 1 amide bonds. The smallest absolute Gasteiger partial charge is 0.227 e. The molecule has 1 aliphatic heterocycles. The van der Waals surface area contributed by atoms with Gasteiger partial charge in [-0.1, -0.05) is 36.4 Å². The summed E-state index contributed by atoms with van der Waals surface area (Å²) in [7, 11) is 0. The van der Waals surface area contributed by atoms with Gasteiger partial charge in [0.15, 0.2) is 0 Å². The van der Waals surface area contributed by atoms with Crippen molar-refractivity contribution in [2.24, 2.45) is 0 Å². The molecule has 0 saturated carbocycles. The second-order valence-corrected chi connectivity index (χ2v) is 6.50. The predicted octanol–water partition coefficient (Wildman–Crippen LogP) is 1.54. The van der Waals surface area contributed by atoms with Gasteiger partial charge >= 0.3 is 0 Å². The van der Waals surface area contributed by atoms with Gasteiger partial charge in [-0.05, 0) is 29.7 Å². The lowest BCUT2D eigenvalue weighted by Crippen LogP contribution is -2.53. The van der Waals surface area contributed by atoms with Crippen LogP contribution < -0.4 is 5.32 Å². The largest absolute Gasteiger partial charge is 0.340 e. The van der Waals surface area contributed by atoms with Crippen LogP contribution in [0, 0.1) is 0 Å². The van der Waals surface area contributed by atoms with Crippen LogP contribution in [0.2, 0.25) is 0 Å². The zero-order chi connectivity index (χ0) is 17.1. The SMILES string of the molecule is O=C(Cc1ccc2n[nH]nc2c1)N1CCNC(Cc2ccccc2)C1. The van der Waals surface area contributed by atoms with E-state index < -0.39 is 0 Å². The Morgan fingerprint density at radius 3 is 2.80 bits per heavy atom. The summed E-state index contributed by atoms with van der Waals surface area (Å²) in [6, 6.07) is 16.5. The summed E-state index contributed by atoms with van der Waals surface area (Å²) < 4.78 is 0. The minimum Gasteiger partial charge on any atom is -0.340 e. The van der Waals surface area contributed by atoms with Gasteiger partial charge in [0.05, 0.1) is 6.42 Å². The van der Waals surface area contributed by atoms with E-state index in [1.807, 2.05) is 29.2 Å². The zero-order valence-electron chi connectivity index (χ0n) is 14.0. The third-order valence-electron chi connectivity index (χ3n) is 4.67. The molecule has 1 aliphatic rings. The number of hydrogen-bond acceptors (Lipinski definition) is 4. The molecular formula is C19H21N5O. The van der Waals surface area contributed by atoms with Crippen molar-refractivity contribution in [1.29, 1.82) is 0 Å². The molecule has 0 radical (unpaired) electrons. The number of aromatic nitrogens is 3. The monoisotopic (exact) mass is 335 g/mol. The van der Waals surface area contributed by atoms with E-state index in [1.54, 1.807) is 0 Å². The van der Waals surface area contributed by atoms with Crippen LogP contribution in [0.15, 0.2) is 48.5 Å². The minimum absolute atomic E-state index is 0.169. The van der Waals surface area contributed by atoms with Gasteiger partial charge in [-0.2, -0.15) is 15.4 Å². The molecule has 2 N–H and O–H groups in total. The highest BCUT2D eigenvalue weighted by atomic mass is 16.2.